The highest BCUT2D eigenvalue weighted by Crippen LogP contribution is 2.48. The second kappa shape index (κ2) is 4.20. The van der Waals surface area contributed by atoms with Crippen molar-refractivity contribution in [2.75, 3.05) is 26.2 Å². The zero-order valence-electron chi connectivity index (χ0n) is 11.7. The van der Waals surface area contributed by atoms with Gasteiger partial charge in [0.25, 0.3) is 0 Å². The van der Waals surface area contributed by atoms with Crippen LogP contribution in [0.4, 0.5) is 4.39 Å². The molecule has 1 aliphatic heterocycles. The number of hydrogen-bond acceptors (Lipinski definition) is 2. The van der Waals surface area contributed by atoms with Gasteiger partial charge in [0, 0.05) is 25.0 Å². The van der Waals surface area contributed by atoms with Gasteiger partial charge in [-0.1, -0.05) is 0 Å². The third-order valence-corrected chi connectivity index (χ3v) is 3.83. The van der Waals surface area contributed by atoms with Gasteiger partial charge in [0.05, 0.1) is 12.2 Å². The molecule has 2 fully saturated rings. The van der Waals surface area contributed by atoms with Gasteiger partial charge >= 0.3 is 0 Å². The summed E-state index contributed by atoms with van der Waals surface area (Å²) in [6.07, 6.45) is 3.16. The van der Waals surface area contributed by atoms with Crippen LogP contribution in [0.15, 0.2) is 0 Å². The van der Waals surface area contributed by atoms with Crippen molar-refractivity contribution in [3.8, 4) is 0 Å². The zero-order chi connectivity index (χ0) is 12.7. The number of rotatable bonds is 4. The van der Waals surface area contributed by atoms with Gasteiger partial charge in [-0.15, -0.1) is 0 Å². The lowest BCUT2D eigenvalue weighted by atomic mass is 10.1. The lowest BCUT2D eigenvalue weighted by molar-refractivity contribution is -0.0334. The van der Waals surface area contributed by atoms with Crippen LogP contribution in [0, 0.1) is 5.41 Å². The van der Waals surface area contributed by atoms with Gasteiger partial charge < -0.3 is 4.74 Å². The lowest BCUT2D eigenvalue weighted by Gasteiger charge is -2.27. The summed E-state index contributed by atoms with van der Waals surface area (Å²) in [5, 5.41) is 0. The number of likely N-dealkylation sites (tertiary alicyclic amines) is 1. The van der Waals surface area contributed by atoms with E-state index in [-0.39, 0.29) is 5.60 Å². The molecule has 0 bridgehead atoms. The molecule has 1 atom stereocenters. The maximum atomic E-state index is 13.8. The van der Waals surface area contributed by atoms with Crippen molar-refractivity contribution >= 4 is 0 Å². The van der Waals surface area contributed by atoms with Gasteiger partial charge in [0.2, 0.25) is 0 Å². The van der Waals surface area contributed by atoms with E-state index >= 15 is 0 Å². The fraction of sp³-hybridized carbons (Fsp3) is 1.00. The Morgan fingerprint density at radius 3 is 2.29 bits per heavy atom. The van der Waals surface area contributed by atoms with Crippen molar-refractivity contribution < 1.29 is 9.13 Å². The van der Waals surface area contributed by atoms with Crippen LogP contribution in [0.1, 0.15) is 47.0 Å². The highest BCUT2D eigenvalue weighted by molar-refractivity contribution is 4.99. The van der Waals surface area contributed by atoms with Crippen molar-refractivity contribution in [1.29, 1.82) is 0 Å². The van der Waals surface area contributed by atoms with Crippen molar-refractivity contribution in [2.24, 2.45) is 5.41 Å². The van der Waals surface area contributed by atoms with E-state index in [0.29, 0.717) is 18.4 Å². The molecule has 17 heavy (non-hydrogen) atoms. The normalized spacial score (nSPS) is 33.0. The molecule has 0 N–H and O–H groups in total. The van der Waals surface area contributed by atoms with Gasteiger partial charge in [-0.3, -0.25) is 4.90 Å². The molecule has 0 aromatic carbocycles. The molecular formula is C14H26FNO. The molecule has 1 heterocycles. The number of halogens is 1. The smallest absolute Gasteiger partial charge is 0.122 e. The van der Waals surface area contributed by atoms with Crippen LogP contribution in [-0.2, 0) is 4.74 Å². The SMILES string of the molecule is CC1(F)CCN(CC2(COC(C)(C)C)CC2)C1. The first-order valence-corrected chi connectivity index (χ1v) is 6.75. The number of alkyl halides is 1. The van der Waals surface area contributed by atoms with E-state index < -0.39 is 5.67 Å². The van der Waals surface area contributed by atoms with Crippen molar-refractivity contribution in [2.45, 2.75) is 58.2 Å². The Bertz CT molecular complexity index is 278. The van der Waals surface area contributed by atoms with Crippen molar-refractivity contribution in [3.63, 3.8) is 0 Å². The molecule has 1 unspecified atom stereocenters. The molecule has 0 amide bonds. The maximum Gasteiger partial charge on any atom is 0.122 e. The van der Waals surface area contributed by atoms with Crippen molar-refractivity contribution in [3.05, 3.63) is 0 Å². The first-order valence-electron chi connectivity index (χ1n) is 6.75. The third kappa shape index (κ3) is 3.92. The third-order valence-electron chi connectivity index (χ3n) is 3.83. The minimum atomic E-state index is -0.971. The van der Waals surface area contributed by atoms with E-state index in [1.54, 1.807) is 6.92 Å². The Hall–Kier alpha value is -0.150. The molecule has 1 aliphatic carbocycles. The van der Waals surface area contributed by atoms with Crippen LogP contribution >= 0.6 is 0 Å². The molecule has 1 saturated heterocycles. The van der Waals surface area contributed by atoms with E-state index in [9.17, 15) is 4.39 Å². The Morgan fingerprint density at radius 1 is 1.24 bits per heavy atom. The Balaban J connectivity index is 1.79. The molecule has 0 aromatic rings. The fourth-order valence-corrected chi connectivity index (χ4v) is 2.52. The minimum absolute atomic E-state index is 0.0603. The molecular weight excluding hydrogens is 217 g/mol. The number of hydrogen-bond donors (Lipinski definition) is 0. The second-order valence-corrected chi connectivity index (χ2v) is 7.28. The van der Waals surface area contributed by atoms with Gasteiger partial charge in [-0.05, 0) is 47.0 Å². The van der Waals surface area contributed by atoms with Crippen LogP contribution in [0.3, 0.4) is 0 Å². The zero-order valence-corrected chi connectivity index (χ0v) is 11.7. The molecule has 100 valence electrons. The van der Waals surface area contributed by atoms with Gasteiger partial charge in [-0.25, -0.2) is 4.39 Å². The fourth-order valence-electron chi connectivity index (χ4n) is 2.52. The average molecular weight is 243 g/mol. The predicted molar refractivity (Wildman–Crippen MR) is 67.9 cm³/mol. The Morgan fingerprint density at radius 2 is 1.88 bits per heavy atom. The van der Waals surface area contributed by atoms with Crippen LogP contribution in [0.2, 0.25) is 0 Å². The summed E-state index contributed by atoms with van der Waals surface area (Å²) < 4.78 is 19.7. The summed E-state index contributed by atoms with van der Waals surface area (Å²) in [5.74, 6) is 0. The number of ether oxygens (including phenoxy) is 1. The van der Waals surface area contributed by atoms with E-state index in [2.05, 4.69) is 25.7 Å². The van der Waals surface area contributed by atoms with Crippen LogP contribution in [0.5, 0.6) is 0 Å². The number of nitrogens with zero attached hydrogens (tertiary/aromatic N) is 1. The van der Waals surface area contributed by atoms with Gasteiger partial charge in [0.1, 0.15) is 5.67 Å². The lowest BCUT2D eigenvalue weighted by Crippen LogP contribution is -2.35. The summed E-state index contributed by atoms with van der Waals surface area (Å²) in [6.45, 7) is 11.4. The van der Waals surface area contributed by atoms with Crippen LogP contribution in [0.25, 0.3) is 0 Å². The van der Waals surface area contributed by atoms with Crippen LogP contribution in [-0.4, -0.2) is 42.4 Å². The largest absolute Gasteiger partial charge is 0.375 e. The average Bonchev–Trinajstić information content (AvgIpc) is 2.83. The second-order valence-electron chi connectivity index (χ2n) is 7.28. The minimum Gasteiger partial charge on any atom is -0.375 e. The maximum absolute atomic E-state index is 13.8. The van der Waals surface area contributed by atoms with Gasteiger partial charge in [0.15, 0.2) is 0 Å². The predicted octanol–water partition coefficient (Wildman–Crippen LogP) is 3.02. The highest BCUT2D eigenvalue weighted by Gasteiger charge is 2.47. The van der Waals surface area contributed by atoms with Gasteiger partial charge in [-0.2, -0.15) is 0 Å². The molecule has 0 aromatic heterocycles. The standard InChI is InChI=1S/C14H26FNO/c1-12(2,3)17-11-14(5-6-14)10-16-8-7-13(4,15)9-16/h5-11H2,1-4H3. The highest BCUT2D eigenvalue weighted by atomic mass is 19.1. The molecule has 2 rings (SSSR count). The molecule has 3 heteroatoms. The molecule has 0 radical (unpaired) electrons. The van der Waals surface area contributed by atoms with E-state index in [4.69, 9.17) is 4.74 Å². The summed E-state index contributed by atoms with van der Waals surface area (Å²) in [7, 11) is 0. The first-order chi connectivity index (χ1) is 7.70. The first kappa shape index (κ1) is 13.3. The van der Waals surface area contributed by atoms with Crippen molar-refractivity contribution in [1.82, 2.24) is 4.90 Å². The quantitative estimate of drug-likeness (QED) is 0.752. The Labute approximate surface area is 105 Å². The molecule has 2 aliphatic rings. The summed E-state index contributed by atoms with van der Waals surface area (Å²) in [5.41, 5.74) is -0.704. The monoisotopic (exact) mass is 243 g/mol. The summed E-state index contributed by atoms with van der Waals surface area (Å²) in [6, 6.07) is 0. The topological polar surface area (TPSA) is 12.5 Å². The summed E-state index contributed by atoms with van der Waals surface area (Å²) >= 11 is 0. The molecule has 2 nitrogen and oxygen atoms in total. The van der Waals surface area contributed by atoms with E-state index in [1.165, 1.54) is 12.8 Å². The van der Waals surface area contributed by atoms with E-state index in [0.717, 1.165) is 19.7 Å². The van der Waals surface area contributed by atoms with Crippen LogP contribution < -0.4 is 0 Å². The Kier molecular flexibility index (Phi) is 3.28. The molecule has 0 spiro atoms. The van der Waals surface area contributed by atoms with E-state index in [1.807, 2.05) is 0 Å². The molecule has 1 saturated carbocycles. The summed E-state index contributed by atoms with van der Waals surface area (Å²) in [4.78, 5) is 2.28.